The molecule has 0 spiro atoms. The predicted molar refractivity (Wildman–Crippen MR) is 88.7 cm³/mol. The zero-order valence-electron chi connectivity index (χ0n) is 13.7. The number of aromatic amines is 1. The summed E-state index contributed by atoms with van der Waals surface area (Å²) in [5.74, 6) is -0.986. The van der Waals surface area contributed by atoms with Crippen LogP contribution < -0.4 is 4.90 Å². The van der Waals surface area contributed by atoms with Crippen LogP contribution in [0.1, 0.15) is 23.9 Å². The van der Waals surface area contributed by atoms with E-state index in [1.54, 1.807) is 0 Å². The molecule has 1 unspecified atom stereocenters. The number of halogens is 3. The zero-order chi connectivity index (χ0) is 18.1. The molecule has 0 saturated carbocycles. The lowest BCUT2D eigenvalue weighted by atomic mass is 10.1. The molecule has 1 aliphatic heterocycles. The summed E-state index contributed by atoms with van der Waals surface area (Å²) in [6.07, 6.45) is -2.87. The first-order valence-electron chi connectivity index (χ1n) is 8.22. The Morgan fingerprint density at radius 1 is 1.15 bits per heavy atom. The van der Waals surface area contributed by atoms with Gasteiger partial charge in [-0.05, 0) is 12.0 Å². The summed E-state index contributed by atoms with van der Waals surface area (Å²) < 4.78 is 45.5. The minimum atomic E-state index is -4.64. The van der Waals surface area contributed by atoms with Gasteiger partial charge in [-0.3, -0.25) is 0 Å². The van der Waals surface area contributed by atoms with Crippen LogP contribution >= 0.6 is 0 Å². The van der Waals surface area contributed by atoms with Crippen molar-refractivity contribution in [2.45, 2.75) is 18.7 Å². The number of nitrogens with one attached hydrogen (secondary N) is 1. The van der Waals surface area contributed by atoms with Crippen molar-refractivity contribution in [2.24, 2.45) is 0 Å². The van der Waals surface area contributed by atoms with Crippen molar-refractivity contribution < 1.29 is 17.9 Å². The fourth-order valence-electron chi connectivity index (χ4n) is 3.06. The SMILES string of the molecule is FC(F)(F)c1nc(N2CCCOC(c3ccccc3)C2)c2[nH]cnc2n1. The summed E-state index contributed by atoms with van der Waals surface area (Å²) in [6.45, 7) is 1.46. The maximum absolute atomic E-state index is 13.2. The van der Waals surface area contributed by atoms with Crippen LogP contribution in [0.15, 0.2) is 36.7 Å². The van der Waals surface area contributed by atoms with Gasteiger partial charge in [-0.15, -0.1) is 0 Å². The van der Waals surface area contributed by atoms with Gasteiger partial charge in [0.1, 0.15) is 5.52 Å². The molecule has 9 heteroatoms. The Kier molecular flexibility index (Phi) is 4.23. The molecular weight excluding hydrogens is 347 g/mol. The minimum absolute atomic E-state index is 0.00347. The Labute approximate surface area is 147 Å². The van der Waals surface area contributed by atoms with Crippen molar-refractivity contribution in [1.82, 2.24) is 19.9 Å². The number of rotatable bonds is 2. The van der Waals surface area contributed by atoms with Gasteiger partial charge in [-0.2, -0.15) is 13.2 Å². The molecule has 3 aromatic rings. The van der Waals surface area contributed by atoms with Crippen molar-refractivity contribution in [1.29, 1.82) is 0 Å². The van der Waals surface area contributed by atoms with Crippen molar-refractivity contribution in [3.63, 3.8) is 0 Å². The molecule has 0 amide bonds. The zero-order valence-corrected chi connectivity index (χ0v) is 13.7. The lowest BCUT2D eigenvalue weighted by molar-refractivity contribution is -0.144. The second-order valence-corrected chi connectivity index (χ2v) is 6.04. The van der Waals surface area contributed by atoms with E-state index in [-0.39, 0.29) is 17.6 Å². The topological polar surface area (TPSA) is 66.9 Å². The molecule has 3 heterocycles. The smallest absolute Gasteiger partial charge is 0.372 e. The van der Waals surface area contributed by atoms with E-state index in [1.807, 2.05) is 35.2 Å². The maximum atomic E-state index is 13.2. The van der Waals surface area contributed by atoms with Gasteiger partial charge in [0.15, 0.2) is 11.5 Å². The lowest BCUT2D eigenvalue weighted by Crippen LogP contribution is -2.30. The summed E-state index contributed by atoms with van der Waals surface area (Å²) in [6, 6.07) is 9.62. The maximum Gasteiger partial charge on any atom is 0.451 e. The second-order valence-electron chi connectivity index (χ2n) is 6.04. The average Bonchev–Trinajstić information content (AvgIpc) is 2.97. The van der Waals surface area contributed by atoms with Crippen LogP contribution in [0, 0.1) is 0 Å². The standard InChI is InChI=1S/C17H16F3N5O/c18-17(19,20)16-23-14-13(21-10-22-14)15(24-16)25-7-4-8-26-12(9-25)11-5-2-1-3-6-11/h1-3,5-6,10,12H,4,7-9H2,(H,21,22,23,24). The van der Waals surface area contributed by atoms with Crippen LogP contribution in [0.25, 0.3) is 11.2 Å². The molecule has 1 atom stereocenters. The van der Waals surface area contributed by atoms with Crippen LogP contribution in [0.2, 0.25) is 0 Å². The Balaban J connectivity index is 1.74. The first kappa shape index (κ1) is 16.8. The largest absolute Gasteiger partial charge is 0.451 e. The quantitative estimate of drug-likeness (QED) is 0.756. The molecule has 4 rings (SSSR count). The first-order valence-corrected chi connectivity index (χ1v) is 8.22. The van der Waals surface area contributed by atoms with E-state index in [0.29, 0.717) is 31.6 Å². The Hall–Kier alpha value is -2.68. The number of nitrogens with zero attached hydrogens (tertiary/aromatic N) is 4. The molecule has 1 N–H and O–H groups in total. The predicted octanol–water partition coefficient (Wildman–Crippen LogP) is 3.34. The highest BCUT2D eigenvalue weighted by Crippen LogP contribution is 2.32. The van der Waals surface area contributed by atoms with Gasteiger partial charge < -0.3 is 14.6 Å². The number of hydrogen-bond acceptors (Lipinski definition) is 5. The van der Waals surface area contributed by atoms with E-state index >= 15 is 0 Å². The van der Waals surface area contributed by atoms with Crippen molar-refractivity contribution >= 4 is 17.0 Å². The van der Waals surface area contributed by atoms with Gasteiger partial charge in [0.05, 0.1) is 12.4 Å². The summed E-state index contributed by atoms with van der Waals surface area (Å²) in [7, 11) is 0. The van der Waals surface area contributed by atoms with E-state index < -0.39 is 12.0 Å². The fourth-order valence-corrected chi connectivity index (χ4v) is 3.06. The van der Waals surface area contributed by atoms with E-state index in [2.05, 4.69) is 19.9 Å². The van der Waals surface area contributed by atoms with Crippen LogP contribution in [0.5, 0.6) is 0 Å². The second kappa shape index (κ2) is 6.56. The van der Waals surface area contributed by atoms with Crippen LogP contribution in [-0.2, 0) is 10.9 Å². The monoisotopic (exact) mass is 363 g/mol. The number of imidazole rings is 1. The van der Waals surface area contributed by atoms with Gasteiger partial charge in [-0.1, -0.05) is 30.3 Å². The van der Waals surface area contributed by atoms with Gasteiger partial charge in [0, 0.05) is 19.7 Å². The summed E-state index contributed by atoms with van der Waals surface area (Å²) in [4.78, 5) is 15.9. The van der Waals surface area contributed by atoms with Gasteiger partial charge in [-0.25, -0.2) is 15.0 Å². The first-order chi connectivity index (χ1) is 12.5. The molecule has 1 fully saturated rings. The number of alkyl halides is 3. The molecule has 1 aromatic carbocycles. The van der Waals surface area contributed by atoms with Crippen LogP contribution in [0.3, 0.4) is 0 Å². The third-order valence-electron chi connectivity index (χ3n) is 4.27. The molecule has 0 bridgehead atoms. The Bertz CT molecular complexity index is 896. The molecular formula is C17H16F3N5O. The van der Waals surface area contributed by atoms with Crippen molar-refractivity contribution in [3.05, 3.63) is 48.0 Å². The number of fused-ring (bicyclic) bond motifs is 1. The van der Waals surface area contributed by atoms with E-state index in [1.165, 1.54) is 6.33 Å². The lowest BCUT2D eigenvalue weighted by Gasteiger charge is -2.25. The molecule has 1 saturated heterocycles. The van der Waals surface area contributed by atoms with Crippen molar-refractivity contribution in [3.8, 4) is 0 Å². The fraction of sp³-hybridized carbons (Fsp3) is 0.353. The van der Waals surface area contributed by atoms with Crippen LogP contribution in [-0.4, -0.2) is 39.6 Å². The highest BCUT2D eigenvalue weighted by atomic mass is 19.4. The minimum Gasteiger partial charge on any atom is -0.372 e. The summed E-state index contributed by atoms with van der Waals surface area (Å²) in [5.41, 5.74) is 1.38. The number of anilines is 1. The molecule has 0 aliphatic carbocycles. The highest BCUT2D eigenvalue weighted by Gasteiger charge is 2.37. The molecule has 136 valence electrons. The summed E-state index contributed by atoms with van der Waals surface area (Å²) >= 11 is 0. The number of H-pyrrole nitrogens is 1. The molecule has 26 heavy (non-hydrogen) atoms. The molecule has 6 nitrogen and oxygen atoms in total. The number of ether oxygens (including phenoxy) is 1. The molecule has 0 radical (unpaired) electrons. The number of aromatic nitrogens is 4. The van der Waals surface area contributed by atoms with E-state index in [9.17, 15) is 13.2 Å². The number of hydrogen-bond donors (Lipinski definition) is 1. The van der Waals surface area contributed by atoms with Gasteiger partial charge in [0.2, 0.25) is 5.82 Å². The molecule has 1 aliphatic rings. The average molecular weight is 363 g/mol. The Morgan fingerprint density at radius 3 is 2.73 bits per heavy atom. The number of benzene rings is 1. The van der Waals surface area contributed by atoms with E-state index in [0.717, 1.165) is 5.56 Å². The highest BCUT2D eigenvalue weighted by molar-refractivity contribution is 5.83. The third-order valence-corrected chi connectivity index (χ3v) is 4.27. The van der Waals surface area contributed by atoms with Gasteiger partial charge >= 0.3 is 6.18 Å². The van der Waals surface area contributed by atoms with Gasteiger partial charge in [0.25, 0.3) is 0 Å². The Morgan fingerprint density at radius 2 is 1.96 bits per heavy atom. The molecule has 2 aromatic heterocycles. The van der Waals surface area contributed by atoms with Crippen LogP contribution in [0.4, 0.5) is 19.0 Å². The van der Waals surface area contributed by atoms with E-state index in [4.69, 9.17) is 4.74 Å². The van der Waals surface area contributed by atoms with Crippen molar-refractivity contribution in [2.75, 3.05) is 24.6 Å². The summed E-state index contributed by atoms with van der Waals surface area (Å²) in [5, 5.41) is 0. The third kappa shape index (κ3) is 3.22. The normalized spacial score (nSPS) is 18.9.